The van der Waals surface area contributed by atoms with Crippen molar-refractivity contribution in [2.45, 2.75) is 66.0 Å². The van der Waals surface area contributed by atoms with Gasteiger partial charge >= 0.3 is 5.97 Å². The number of ether oxygens (including phenoxy) is 2. The summed E-state index contributed by atoms with van der Waals surface area (Å²) in [6.45, 7) is 10.4. The fourth-order valence-electron chi connectivity index (χ4n) is 3.39. The van der Waals surface area contributed by atoms with Crippen molar-refractivity contribution in [1.29, 1.82) is 0 Å². The lowest BCUT2D eigenvalue weighted by Crippen LogP contribution is -2.39. The maximum Gasteiger partial charge on any atom is 0.348 e. The molecular weight excluding hydrogens is 446 g/mol. The third-order valence-corrected chi connectivity index (χ3v) is 6.21. The number of aromatic nitrogens is 2. The second-order valence-electron chi connectivity index (χ2n) is 8.47. The van der Waals surface area contributed by atoms with Crippen LogP contribution in [0.4, 0.5) is 0 Å². The van der Waals surface area contributed by atoms with Gasteiger partial charge in [0.2, 0.25) is 0 Å². The Kier molecular flexibility index (Phi) is 8.41. The van der Waals surface area contributed by atoms with Crippen LogP contribution >= 0.6 is 11.3 Å². The zero-order valence-electron chi connectivity index (χ0n) is 19.6. The molecule has 2 N–H and O–H groups in total. The van der Waals surface area contributed by atoms with Crippen LogP contribution in [0.2, 0.25) is 0 Å². The lowest BCUT2D eigenvalue weighted by atomic mass is 10.2. The minimum absolute atomic E-state index is 0.0902. The molecule has 9 nitrogen and oxygen atoms in total. The van der Waals surface area contributed by atoms with E-state index in [2.05, 4.69) is 9.97 Å². The average Bonchev–Trinajstić information content (AvgIpc) is 3.35. The Labute approximate surface area is 196 Å². The van der Waals surface area contributed by atoms with Crippen LogP contribution < -0.4 is 5.56 Å². The number of aryl methyl sites for hydroxylation is 1. The Morgan fingerprint density at radius 2 is 2.09 bits per heavy atom. The molecule has 0 radical (unpaired) electrons. The molecule has 0 aliphatic heterocycles. The number of hydrogen-bond acceptors (Lipinski definition) is 9. The van der Waals surface area contributed by atoms with E-state index in [0.29, 0.717) is 45.3 Å². The molecule has 3 aromatic rings. The average molecular weight is 478 g/mol. The first kappa shape index (κ1) is 25.1. The van der Waals surface area contributed by atoms with Gasteiger partial charge in [-0.05, 0) is 52.3 Å². The fourth-order valence-corrected chi connectivity index (χ4v) is 4.47. The second-order valence-corrected chi connectivity index (χ2v) is 9.47. The third kappa shape index (κ3) is 6.50. The van der Waals surface area contributed by atoms with Crippen molar-refractivity contribution in [3.63, 3.8) is 0 Å². The van der Waals surface area contributed by atoms with Gasteiger partial charge in [0, 0.05) is 12.6 Å². The highest BCUT2D eigenvalue weighted by Crippen LogP contribution is 2.28. The molecule has 180 valence electrons. The summed E-state index contributed by atoms with van der Waals surface area (Å²) in [6.07, 6.45) is 0.600. The topological polar surface area (TPSA) is 118 Å². The smallest absolute Gasteiger partial charge is 0.348 e. The molecule has 3 heterocycles. The number of H-pyrrole nitrogens is 1. The molecule has 3 aromatic heterocycles. The van der Waals surface area contributed by atoms with Crippen molar-refractivity contribution >= 4 is 27.5 Å². The number of carbonyl (C=O) groups is 1. The highest BCUT2D eigenvalue weighted by atomic mass is 32.1. The van der Waals surface area contributed by atoms with Crippen LogP contribution in [0.25, 0.3) is 10.2 Å². The molecular formula is C23H31N3O6S. The molecule has 33 heavy (non-hydrogen) atoms. The van der Waals surface area contributed by atoms with Gasteiger partial charge in [-0.3, -0.25) is 9.69 Å². The molecule has 0 bridgehead atoms. The molecule has 0 aromatic carbocycles. The highest BCUT2D eigenvalue weighted by Gasteiger charge is 2.22. The summed E-state index contributed by atoms with van der Waals surface area (Å²) in [5, 5.41) is 10.8. The zero-order valence-corrected chi connectivity index (χ0v) is 20.4. The van der Waals surface area contributed by atoms with Crippen LogP contribution in [0.1, 0.15) is 54.5 Å². The van der Waals surface area contributed by atoms with Gasteiger partial charge in [0.15, 0.2) is 0 Å². The quantitative estimate of drug-likeness (QED) is 0.404. The number of furan rings is 1. The van der Waals surface area contributed by atoms with E-state index in [9.17, 15) is 14.7 Å². The first-order valence-electron chi connectivity index (χ1n) is 10.9. The van der Waals surface area contributed by atoms with Crippen LogP contribution in [-0.2, 0) is 22.6 Å². The number of thiophene rings is 1. The molecule has 3 rings (SSSR count). The van der Waals surface area contributed by atoms with Crippen molar-refractivity contribution < 1.29 is 23.8 Å². The summed E-state index contributed by atoms with van der Waals surface area (Å²) in [5.41, 5.74) is 0.282. The van der Waals surface area contributed by atoms with Crippen LogP contribution in [0, 0.1) is 6.92 Å². The van der Waals surface area contributed by atoms with Gasteiger partial charge in [-0.25, -0.2) is 9.78 Å². The second kappa shape index (κ2) is 11.1. The van der Waals surface area contributed by atoms with E-state index in [1.165, 1.54) is 0 Å². The fraction of sp³-hybridized carbons (Fsp3) is 0.522. The molecule has 1 atom stereocenters. The predicted molar refractivity (Wildman–Crippen MR) is 125 cm³/mol. The van der Waals surface area contributed by atoms with E-state index < -0.39 is 12.1 Å². The van der Waals surface area contributed by atoms with Gasteiger partial charge in [0.25, 0.3) is 5.56 Å². The molecule has 0 saturated heterocycles. The molecule has 0 spiro atoms. The first-order chi connectivity index (χ1) is 15.7. The number of nitrogens with zero attached hydrogens (tertiary/aromatic N) is 2. The Morgan fingerprint density at radius 3 is 2.73 bits per heavy atom. The number of aliphatic hydroxyl groups is 1. The monoisotopic (exact) mass is 477 g/mol. The number of aliphatic hydroxyl groups excluding tert-OH is 1. The van der Waals surface area contributed by atoms with Crippen molar-refractivity contribution in [3.05, 3.63) is 50.8 Å². The minimum atomic E-state index is -0.723. The summed E-state index contributed by atoms with van der Waals surface area (Å²) in [7, 11) is 0. The van der Waals surface area contributed by atoms with Gasteiger partial charge in [-0.15, -0.1) is 11.3 Å². The van der Waals surface area contributed by atoms with E-state index in [0.717, 1.165) is 11.3 Å². The number of rotatable bonds is 11. The lowest BCUT2D eigenvalue weighted by molar-refractivity contribution is -0.00158. The number of hydrogen-bond donors (Lipinski definition) is 2. The SMILES string of the molecule is Cc1c(C(=O)OC(C)C)sc2nc(CN(C[C@H](O)COCc3ccco3)C(C)C)[nH]c(=O)c12. The lowest BCUT2D eigenvalue weighted by Gasteiger charge is -2.28. The van der Waals surface area contributed by atoms with E-state index in [1.807, 2.05) is 24.8 Å². The van der Waals surface area contributed by atoms with Gasteiger partial charge in [-0.2, -0.15) is 0 Å². The molecule has 0 amide bonds. The number of carbonyl (C=O) groups excluding carboxylic acids is 1. The van der Waals surface area contributed by atoms with E-state index >= 15 is 0 Å². The first-order valence-corrected chi connectivity index (χ1v) is 11.7. The highest BCUT2D eigenvalue weighted by molar-refractivity contribution is 7.20. The van der Waals surface area contributed by atoms with Crippen molar-refractivity contribution in [3.8, 4) is 0 Å². The van der Waals surface area contributed by atoms with Crippen LogP contribution in [0.15, 0.2) is 27.6 Å². The maximum absolute atomic E-state index is 12.8. The number of fused-ring (bicyclic) bond motifs is 1. The van der Waals surface area contributed by atoms with Crippen molar-refractivity contribution in [2.24, 2.45) is 0 Å². The van der Waals surface area contributed by atoms with E-state index in [4.69, 9.17) is 13.9 Å². The summed E-state index contributed by atoms with van der Waals surface area (Å²) >= 11 is 1.16. The van der Waals surface area contributed by atoms with Gasteiger partial charge in [0.1, 0.15) is 27.9 Å². The van der Waals surface area contributed by atoms with E-state index in [1.54, 1.807) is 33.1 Å². The Hall–Kier alpha value is -2.53. The predicted octanol–water partition coefficient (Wildman–Crippen LogP) is 3.24. The summed E-state index contributed by atoms with van der Waals surface area (Å²) < 4.78 is 16.0. The van der Waals surface area contributed by atoms with Crippen molar-refractivity contribution in [2.75, 3.05) is 13.2 Å². The zero-order chi connectivity index (χ0) is 24.1. The molecule has 0 aliphatic rings. The summed E-state index contributed by atoms with van der Waals surface area (Å²) in [4.78, 5) is 35.5. The molecule has 0 aliphatic carbocycles. The van der Waals surface area contributed by atoms with E-state index in [-0.39, 0.29) is 30.9 Å². The maximum atomic E-state index is 12.8. The van der Waals surface area contributed by atoms with Gasteiger partial charge < -0.3 is 24.0 Å². The number of aromatic amines is 1. The Bertz CT molecular complexity index is 1120. The Morgan fingerprint density at radius 1 is 1.33 bits per heavy atom. The number of nitrogens with one attached hydrogen (secondary N) is 1. The summed E-state index contributed by atoms with van der Waals surface area (Å²) in [6, 6.07) is 3.68. The van der Waals surface area contributed by atoms with Crippen LogP contribution in [-0.4, -0.2) is 57.3 Å². The van der Waals surface area contributed by atoms with Gasteiger partial charge in [-0.1, -0.05) is 0 Å². The third-order valence-electron chi connectivity index (χ3n) is 5.04. The largest absolute Gasteiger partial charge is 0.467 e. The molecule has 0 fully saturated rings. The standard InChI is InChI=1S/C23H31N3O6S/c1-13(2)26(9-16(27)11-30-12-17-7-6-8-31-17)10-18-24-21(28)19-15(5)20(33-22(19)25-18)23(29)32-14(3)4/h6-8,13-14,16,27H,9-12H2,1-5H3,(H,24,25,28)/t16-/m0/s1. The van der Waals surface area contributed by atoms with Crippen LogP contribution in [0.5, 0.6) is 0 Å². The van der Waals surface area contributed by atoms with Crippen LogP contribution in [0.3, 0.4) is 0 Å². The normalized spacial score (nSPS) is 12.9. The molecule has 0 saturated carbocycles. The minimum Gasteiger partial charge on any atom is -0.467 e. The van der Waals surface area contributed by atoms with Crippen molar-refractivity contribution in [1.82, 2.24) is 14.9 Å². The summed E-state index contributed by atoms with van der Waals surface area (Å²) in [5.74, 6) is 0.712. The van der Waals surface area contributed by atoms with Gasteiger partial charge in [0.05, 0.1) is 37.0 Å². The number of esters is 1. The molecule has 10 heteroatoms. The Balaban J connectivity index is 1.71. The molecule has 0 unspecified atom stereocenters.